The van der Waals surface area contributed by atoms with Crippen LogP contribution in [0.3, 0.4) is 0 Å². The molecule has 0 atom stereocenters. The maximum absolute atomic E-state index is 14.3. The number of nitrogens with one attached hydrogen (secondary N) is 1. The van der Waals surface area contributed by atoms with Gasteiger partial charge in [-0.05, 0) is 62.6 Å². The third kappa shape index (κ3) is 5.43. The van der Waals surface area contributed by atoms with Gasteiger partial charge in [0.15, 0.2) is 0 Å². The van der Waals surface area contributed by atoms with E-state index >= 15 is 0 Å². The zero-order chi connectivity index (χ0) is 24.4. The van der Waals surface area contributed by atoms with Crippen molar-refractivity contribution in [3.05, 3.63) is 59.4 Å². The van der Waals surface area contributed by atoms with E-state index in [1.54, 1.807) is 26.0 Å². The van der Waals surface area contributed by atoms with Crippen LogP contribution >= 0.6 is 0 Å². The molecule has 0 saturated carbocycles. The highest BCUT2D eigenvalue weighted by Gasteiger charge is 2.30. The van der Waals surface area contributed by atoms with Crippen molar-refractivity contribution in [1.82, 2.24) is 13.9 Å². The lowest BCUT2D eigenvalue weighted by atomic mass is 10.2. The van der Waals surface area contributed by atoms with Crippen molar-refractivity contribution in [2.24, 2.45) is 0 Å². The molecule has 2 aromatic rings. The molecular weight excluding hydrogens is 469 g/mol. The molecule has 1 N–H and O–H groups in total. The Balaban J connectivity index is 1.71. The number of hydrogen-bond acceptors (Lipinski definition) is 5. The van der Waals surface area contributed by atoms with Gasteiger partial charge in [-0.15, -0.1) is 0 Å². The van der Waals surface area contributed by atoms with Crippen molar-refractivity contribution in [3.63, 3.8) is 0 Å². The second-order valence-corrected chi connectivity index (χ2v) is 12.1. The highest BCUT2D eigenvalue weighted by molar-refractivity contribution is 7.89. The van der Waals surface area contributed by atoms with Gasteiger partial charge >= 0.3 is 0 Å². The number of amides is 1. The van der Waals surface area contributed by atoms with E-state index in [9.17, 15) is 26.0 Å². The fraction of sp³-hybridized carbons (Fsp3) is 0.409. The average molecular weight is 498 g/mol. The van der Waals surface area contributed by atoms with Crippen LogP contribution in [0.25, 0.3) is 0 Å². The molecule has 8 nitrogen and oxygen atoms in total. The Bertz CT molecular complexity index is 1220. The van der Waals surface area contributed by atoms with Crippen LogP contribution in [0.1, 0.15) is 42.6 Å². The second-order valence-electron chi connectivity index (χ2n) is 8.20. The molecule has 0 spiro atoms. The molecule has 0 aromatic heterocycles. The number of rotatable bonds is 8. The topological polar surface area (TPSA) is 104 Å². The molecule has 1 amide bonds. The van der Waals surface area contributed by atoms with Crippen molar-refractivity contribution in [1.29, 1.82) is 0 Å². The molecule has 180 valence electrons. The molecule has 1 aliphatic heterocycles. The zero-order valence-electron chi connectivity index (χ0n) is 18.8. The van der Waals surface area contributed by atoms with Crippen LogP contribution in [0, 0.1) is 5.82 Å². The van der Waals surface area contributed by atoms with Gasteiger partial charge < -0.3 is 5.32 Å². The van der Waals surface area contributed by atoms with Crippen molar-refractivity contribution >= 4 is 26.0 Å². The van der Waals surface area contributed by atoms with Gasteiger partial charge in [0.25, 0.3) is 5.91 Å². The number of carbonyl (C=O) groups excluding carboxylic acids is 1. The predicted octanol–water partition coefficient (Wildman–Crippen LogP) is 2.57. The molecule has 33 heavy (non-hydrogen) atoms. The molecule has 0 aliphatic carbocycles. The molecular formula is C22H28FN3O5S2. The van der Waals surface area contributed by atoms with Crippen molar-refractivity contribution in [2.75, 3.05) is 20.1 Å². The monoisotopic (exact) mass is 497 g/mol. The molecule has 2 aromatic carbocycles. The van der Waals surface area contributed by atoms with Gasteiger partial charge in [-0.25, -0.2) is 21.2 Å². The van der Waals surface area contributed by atoms with Gasteiger partial charge in [0.05, 0.1) is 4.90 Å². The molecule has 0 bridgehead atoms. The Labute approximate surface area is 194 Å². The molecule has 0 unspecified atom stereocenters. The standard InChI is InChI=1S/C22H28FN3O5S2/c1-16(2)25(3)32(28,29)19-9-6-17(7-10-19)15-24-22(27)18-8-11-20(23)21(14-18)33(30,31)26-12-4-5-13-26/h6-11,14,16H,4-5,12-13,15H2,1-3H3,(H,24,27). The Morgan fingerprint density at radius 1 is 1.06 bits per heavy atom. The highest BCUT2D eigenvalue weighted by Crippen LogP contribution is 2.24. The van der Waals surface area contributed by atoms with E-state index in [1.165, 1.54) is 33.9 Å². The lowest BCUT2D eigenvalue weighted by molar-refractivity contribution is 0.0950. The Kier molecular flexibility index (Phi) is 7.57. The summed E-state index contributed by atoms with van der Waals surface area (Å²) in [6.07, 6.45) is 1.43. The van der Waals surface area contributed by atoms with Gasteiger partial charge in [-0.2, -0.15) is 8.61 Å². The van der Waals surface area contributed by atoms with Gasteiger partial charge in [-0.1, -0.05) is 12.1 Å². The SMILES string of the molecule is CC(C)N(C)S(=O)(=O)c1ccc(CNC(=O)c2ccc(F)c(S(=O)(=O)N3CCCC3)c2)cc1. The smallest absolute Gasteiger partial charge is 0.251 e. The van der Waals surface area contributed by atoms with E-state index in [0.717, 1.165) is 25.0 Å². The summed E-state index contributed by atoms with van der Waals surface area (Å²) in [6, 6.07) is 9.18. The first-order valence-electron chi connectivity index (χ1n) is 10.6. The maximum Gasteiger partial charge on any atom is 0.251 e. The zero-order valence-corrected chi connectivity index (χ0v) is 20.4. The molecule has 0 radical (unpaired) electrons. The van der Waals surface area contributed by atoms with E-state index in [0.29, 0.717) is 18.7 Å². The maximum atomic E-state index is 14.3. The minimum Gasteiger partial charge on any atom is -0.348 e. The number of halogens is 1. The summed E-state index contributed by atoms with van der Waals surface area (Å²) in [7, 11) is -6.11. The summed E-state index contributed by atoms with van der Waals surface area (Å²) in [5.74, 6) is -1.47. The first kappa shape index (κ1) is 25.3. The van der Waals surface area contributed by atoms with Gasteiger partial charge in [0.2, 0.25) is 20.0 Å². The second kappa shape index (κ2) is 9.88. The molecule has 1 fully saturated rings. The first-order chi connectivity index (χ1) is 15.4. The summed E-state index contributed by atoms with van der Waals surface area (Å²) in [5, 5.41) is 2.65. The van der Waals surface area contributed by atoms with Crippen LogP contribution in [0.5, 0.6) is 0 Å². The molecule has 1 saturated heterocycles. The summed E-state index contributed by atoms with van der Waals surface area (Å²) in [5.41, 5.74) is 0.674. The third-order valence-corrected chi connectivity index (χ3v) is 9.62. The van der Waals surface area contributed by atoms with Crippen LogP contribution < -0.4 is 5.32 Å². The third-order valence-electron chi connectivity index (χ3n) is 5.66. The van der Waals surface area contributed by atoms with Crippen LogP contribution in [-0.4, -0.2) is 57.5 Å². The van der Waals surface area contributed by atoms with E-state index in [1.807, 2.05) is 0 Å². The van der Waals surface area contributed by atoms with Crippen molar-refractivity contribution in [3.8, 4) is 0 Å². The lowest BCUT2D eigenvalue weighted by Gasteiger charge is -2.21. The molecule has 1 heterocycles. The molecule has 1 aliphatic rings. The van der Waals surface area contributed by atoms with E-state index < -0.39 is 36.7 Å². The number of benzene rings is 2. The van der Waals surface area contributed by atoms with Crippen molar-refractivity contribution < 1.29 is 26.0 Å². The first-order valence-corrected chi connectivity index (χ1v) is 13.5. The highest BCUT2D eigenvalue weighted by atomic mass is 32.2. The molecule has 3 rings (SSSR count). The van der Waals surface area contributed by atoms with Gasteiger partial charge in [0, 0.05) is 38.3 Å². The number of carbonyl (C=O) groups is 1. The minimum absolute atomic E-state index is 0.0203. The van der Waals surface area contributed by atoms with Gasteiger partial charge in [-0.3, -0.25) is 4.79 Å². The van der Waals surface area contributed by atoms with E-state index in [4.69, 9.17) is 0 Å². The lowest BCUT2D eigenvalue weighted by Crippen LogP contribution is -2.33. The van der Waals surface area contributed by atoms with E-state index in [-0.39, 0.29) is 23.0 Å². The fourth-order valence-electron chi connectivity index (χ4n) is 3.42. The van der Waals surface area contributed by atoms with Crippen molar-refractivity contribution in [2.45, 2.75) is 49.1 Å². The Morgan fingerprint density at radius 3 is 2.24 bits per heavy atom. The summed E-state index contributed by atoms with van der Waals surface area (Å²) < 4.78 is 67.3. The number of hydrogen-bond donors (Lipinski definition) is 1. The largest absolute Gasteiger partial charge is 0.348 e. The number of nitrogens with zero attached hydrogens (tertiary/aromatic N) is 2. The summed E-state index contributed by atoms with van der Waals surface area (Å²) in [6.45, 7) is 4.30. The fourth-order valence-corrected chi connectivity index (χ4v) is 6.39. The van der Waals surface area contributed by atoms with E-state index in [2.05, 4.69) is 5.32 Å². The van der Waals surface area contributed by atoms with Crippen LogP contribution in [-0.2, 0) is 26.6 Å². The van der Waals surface area contributed by atoms with Crippen LogP contribution in [0.15, 0.2) is 52.3 Å². The van der Waals surface area contributed by atoms with Crippen LogP contribution in [0.2, 0.25) is 0 Å². The minimum atomic E-state index is -4.01. The Hall–Kier alpha value is -2.34. The van der Waals surface area contributed by atoms with Gasteiger partial charge in [0.1, 0.15) is 10.7 Å². The molecule has 11 heteroatoms. The predicted molar refractivity (Wildman–Crippen MR) is 122 cm³/mol. The Morgan fingerprint density at radius 2 is 1.67 bits per heavy atom. The average Bonchev–Trinajstić information content (AvgIpc) is 3.33. The van der Waals surface area contributed by atoms with Crippen LogP contribution in [0.4, 0.5) is 4.39 Å². The number of sulfonamides is 2. The quantitative estimate of drug-likeness (QED) is 0.604. The normalized spacial score (nSPS) is 15.3. The summed E-state index contributed by atoms with van der Waals surface area (Å²) >= 11 is 0. The summed E-state index contributed by atoms with van der Waals surface area (Å²) in [4.78, 5) is 12.2.